The second kappa shape index (κ2) is 9.32. The molecule has 33 heavy (non-hydrogen) atoms. The SMILES string of the molecule is COC(=O)c1ccc2[nH]cc(C3CCN(CCCc4c[nH]c5ccc(OC)cc45)CC3)c2c1. The van der Waals surface area contributed by atoms with E-state index in [4.69, 9.17) is 9.47 Å². The highest BCUT2D eigenvalue weighted by molar-refractivity contribution is 5.95. The number of methoxy groups -OCH3 is 2. The van der Waals surface area contributed by atoms with Crippen LogP contribution in [0.1, 0.15) is 46.7 Å². The van der Waals surface area contributed by atoms with Crippen molar-refractivity contribution in [1.29, 1.82) is 0 Å². The zero-order valence-electron chi connectivity index (χ0n) is 19.3. The maximum Gasteiger partial charge on any atom is 0.337 e. The number of nitrogens with one attached hydrogen (secondary N) is 2. The second-order valence-electron chi connectivity index (χ2n) is 8.94. The fourth-order valence-electron chi connectivity index (χ4n) is 5.18. The first-order valence-corrected chi connectivity index (χ1v) is 11.7. The molecule has 2 aromatic heterocycles. The maximum absolute atomic E-state index is 12.0. The molecule has 0 bridgehead atoms. The molecular weight excluding hydrogens is 414 g/mol. The molecule has 6 heteroatoms. The Hall–Kier alpha value is -3.25. The Bertz CT molecular complexity index is 1260. The van der Waals surface area contributed by atoms with E-state index in [2.05, 4.69) is 39.4 Å². The van der Waals surface area contributed by atoms with Crippen molar-refractivity contribution >= 4 is 27.8 Å². The quantitative estimate of drug-likeness (QED) is 0.381. The molecule has 3 heterocycles. The number of hydrogen-bond acceptors (Lipinski definition) is 4. The zero-order chi connectivity index (χ0) is 22.8. The number of aromatic amines is 2. The van der Waals surface area contributed by atoms with Crippen LogP contribution in [0.15, 0.2) is 48.8 Å². The van der Waals surface area contributed by atoms with Crippen LogP contribution in [0.3, 0.4) is 0 Å². The number of nitrogens with zero attached hydrogens (tertiary/aromatic N) is 1. The summed E-state index contributed by atoms with van der Waals surface area (Å²) < 4.78 is 10.3. The van der Waals surface area contributed by atoms with Crippen molar-refractivity contribution in [3.63, 3.8) is 0 Å². The van der Waals surface area contributed by atoms with Gasteiger partial charge in [-0.1, -0.05) is 0 Å². The van der Waals surface area contributed by atoms with Crippen molar-refractivity contribution in [3.05, 3.63) is 65.5 Å². The summed E-state index contributed by atoms with van der Waals surface area (Å²) in [5.41, 5.74) is 5.54. The van der Waals surface area contributed by atoms with Crippen molar-refractivity contribution in [2.24, 2.45) is 0 Å². The lowest BCUT2D eigenvalue weighted by Crippen LogP contribution is -2.33. The van der Waals surface area contributed by atoms with Gasteiger partial charge < -0.3 is 24.3 Å². The first-order valence-electron chi connectivity index (χ1n) is 11.7. The summed E-state index contributed by atoms with van der Waals surface area (Å²) in [4.78, 5) is 21.3. The van der Waals surface area contributed by atoms with Crippen molar-refractivity contribution in [2.45, 2.75) is 31.6 Å². The number of hydrogen-bond donors (Lipinski definition) is 2. The minimum Gasteiger partial charge on any atom is -0.497 e. The van der Waals surface area contributed by atoms with Gasteiger partial charge in [0.25, 0.3) is 0 Å². The monoisotopic (exact) mass is 445 g/mol. The van der Waals surface area contributed by atoms with E-state index in [1.54, 1.807) is 7.11 Å². The number of aromatic nitrogens is 2. The summed E-state index contributed by atoms with van der Waals surface area (Å²) in [6, 6.07) is 12.0. The number of piperidine rings is 1. The van der Waals surface area contributed by atoms with Crippen LogP contribution in [0.4, 0.5) is 0 Å². The van der Waals surface area contributed by atoms with Gasteiger partial charge >= 0.3 is 5.97 Å². The van der Waals surface area contributed by atoms with Crippen LogP contribution in [-0.2, 0) is 11.2 Å². The lowest BCUT2D eigenvalue weighted by atomic mass is 9.88. The van der Waals surface area contributed by atoms with Crippen LogP contribution in [0.2, 0.25) is 0 Å². The lowest BCUT2D eigenvalue weighted by molar-refractivity contribution is 0.0601. The third kappa shape index (κ3) is 4.35. The second-order valence-corrected chi connectivity index (χ2v) is 8.94. The Kier molecular flexibility index (Phi) is 6.09. The number of carbonyl (C=O) groups excluding carboxylic acids is 1. The van der Waals surface area contributed by atoms with Gasteiger partial charge in [0, 0.05) is 34.2 Å². The van der Waals surface area contributed by atoms with E-state index in [-0.39, 0.29) is 5.97 Å². The topological polar surface area (TPSA) is 70.4 Å². The lowest BCUT2D eigenvalue weighted by Gasteiger charge is -2.32. The third-order valence-electron chi connectivity index (χ3n) is 7.06. The van der Waals surface area contributed by atoms with Crippen LogP contribution < -0.4 is 4.74 Å². The van der Waals surface area contributed by atoms with E-state index in [1.807, 2.05) is 24.3 Å². The molecule has 5 rings (SSSR count). The summed E-state index contributed by atoms with van der Waals surface area (Å²) in [7, 11) is 3.14. The molecule has 1 aliphatic rings. The Morgan fingerprint density at radius 2 is 1.76 bits per heavy atom. The minimum atomic E-state index is -0.285. The molecule has 0 aliphatic carbocycles. The summed E-state index contributed by atoms with van der Waals surface area (Å²) in [5, 5.41) is 2.41. The number of likely N-dealkylation sites (tertiary alicyclic amines) is 1. The Labute approximate surface area is 193 Å². The van der Waals surface area contributed by atoms with E-state index in [9.17, 15) is 4.79 Å². The molecule has 0 atom stereocenters. The fraction of sp³-hybridized carbons (Fsp3) is 0.370. The highest BCUT2D eigenvalue weighted by atomic mass is 16.5. The molecule has 0 radical (unpaired) electrons. The fourth-order valence-corrected chi connectivity index (χ4v) is 5.18. The van der Waals surface area contributed by atoms with Gasteiger partial charge in [0.15, 0.2) is 0 Å². The average molecular weight is 446 g/mol. The highest BCUT2D eigenvalue weighted by Crippen LogP contribution is 2.34. The van der Waals surface area contributed by atoms with E-state index < -0.39 is 0 Å². The predicted molar refractivity (Wildman–Crippen MR) is 131 cm³/mol. The molecule has 1 fully saturated rings. The van der Waals surface area contributed by atoms with Gasteiger partial charge in [-0.3, -0.25) is 0 Å². The molecule has 0 amide bonds. The summed E-state index contributed by atoms with van der Waals surface area (Å²) in [6.45, 7) is 3.33. The van der Waals surface area contributed by atoms with Crippen LogP contribution in [0.5, 0.6) is 5.75 Å². The van der Waals surface area contributed by atoms with Gasteiger partial charge in [0.1, 0.15) is 5.75 Å². The molecule has 172 valence electrons. The minimum absolute atomic E-state index is 0.285. The van der Waals surface area contributed by atoms with Crippen LogP contribution in [0.25, 0.3) is 21.8 Å². The van der Waals surface area contributed by atoms with Crippen LogP contribution >= 0.6 is 0 Å². The molecule has 2 aromatic carbocycles. The number of aryl methyl sites for hydroxylation is 1. The molecule has 1 saturated heterocycles. The van der Waals surface area contributed by atoms with Gasteiger partial charge in [0.2, 0.25) is 0 Å². The molecular formula is C27H31N3O3. The van der Waals surface area contributed by atoms with Crippen molar-refractivity contribution in [1.82, 2.24) is 14.9 Å². The van der Waals surface area contributed by atoms with Gasteiger partial charge in [-0.25, -0.2) is 4.79 Å². The van der Waals surface area contributed by atoms with E-state index in [0.717, 1.165) is 62.0 Å². The Morgan fingerprint density at radius 1 is 1.00 bits per heavy atom. The van der Waals surface area contributed by atoms with Gasteiger partial charge in [-0.05, 0) is 98.8 Å². The van der Waals surface area contributed by atoms with Crippen molar-refractivity contribution in [3.8, 4) is 5.75 Å². The largest absolute Gasteiger partial charge is 0.497 e. The number of benzene rings is 2. The normalized spacial score (nSPS) is 15.3. The number of carbonyl (C=O) groups is 1. The highest BCUT2D eigenvalue weighted by Gasteiger charge is 2.23. The molecule has 0 unspecified atom stereocenters. The van der Waals surface area contributed by atoms with Crippen molar-refractivity contribution < 1.29 is 14.3 Å². The molecule has 6 nitrogen and oxygen atoms in total. The first kappa shape index (κ1) is 21.6. The summed E-state index contributed by atoms with van der Waals surface area (Å²) in [6.07, 6.45) is 8.74. The van der Waals surface area contributed by atoms with E-state index in [1.165, 1.54) is 29.1 Å². The zero-order valence-corrected chi connectivity index (χ0v) is 19.3. The summed E-state index contributed by atoms with van der Waals surface area (Å²) >= 11 is 0. The number of fused-ring (bicyclic) bond motifs is 2. The predicted octanol–water partition coefficient (Wildman–Crippen LogP) is 5.26. The number of rotatable bonds is 7. The maximum atomic E-state index is 12.0. The standard InChI is InChI=1S/C27H31N3O3/c1-32-21-6-8-25-22(15-21)20(16-28-25)4-3-11-30-12-9-18(10-13-30)24-17-29-26-7-5-19(14-23(24)26)27(31)33-2/h5-8,14-18,28-29H,3-4,9-13H2,1-2H3. The third-order valence-corrected chi connectivity index (χ3v) is 7.06. The number of H-pyrrole nitrogens is 2. The number of esters is 1. The number of ether oxygens (including phenoxy) is 2. The smallest absolute Gasteiger partial charge is 0.337 e. The van der Waals surface area contributed by atoms with Gasteiger partial charge in [0.05, 0.1) is 19.8 Å². The van der Waals surface area contributed by atoms with Crippen LogP contribution in [-0.4, -0.2) is 54.7 Å². The first-order chi connectivity index (χ1) is 16.2. The molecule has 1 aliphatic heterocycles. The molecule has 4 aromatic rings. The molecule has 0 saturated carbocycles. The average Bonchev–Trinajstić information content (AvgIpc) is 3.47. The molecule has 0 spiro atoms. The van der Waals surface area contributed by atoms with E-state index >= 15 is 0 Å². The van der Waals surface area contributed by atoms with E-state index in [0.29, 0.717) is 11.5 Å². The Balaban J connectivity index is 1.18. The van der Waals surface area contributed by atoms with Gasteiger partial charge in [-0.15, -0.1) is 0 Å². The molecule has 2 N–H and O–H groups in total. The van der Waals surface area contributed by atoms with Crippen molar-refractivity contribution in [2.75, 3.05) is 33.9 Å². The van der Waals surface area contributed by atoms with Gasteiger partial charge in [-0.2, -0.15) is 0 Å². The summed E-state index contributed by atoms with van der Waals surface area (Å²) in [5.74, 6) is 1.14. The Morgan fingerprint density at radius 3 is 2.55 bits per heavy atom. The van der Waals surface area contributed by atoms with Crippen LogP contribution in [0, 0.1) is 0 Å².